The van der Waals surface area contributed by atoms with Crippen molar-refractivity contribution >= 4 is 23.0 Å². The van der Waals surface area contributed by atoms with E-state index in [1.54, 1.807) is 6.07 Å². The monoisotopic (exact) mass is 340 g/mol. The van der Waals surface area contributed by atoms with Gasteiger partial charge in [0, 0.05) is 18.1 Å². The molecule has 0 fully saturated rings. The quantitative estimate of drug-likeness (QED) is 0.453. The van der Waals surface area contributed by atoms with E-state index in [0.717, 1.165) is 17.7 Å². The molecule has 0 saturated heterocycles. The lowest BCUT2D eigenvalue weighted by atomic mass is 9.77. The van der Waals surface area contributed by atoms with Crippen LogP contribution in [0.25, 0.3) is 0 Å². The van der Waals surface area contributed by atoms with E-state index in [4.69, 9.17) is 11.6 Å². The van der Waals surface area contributed by atoms with Gasteiger partial charge in [-0.2, -0.15) is 0 Å². The van der Waals surface area contributed by atoms with E-state index in [9.17, 15) is 10.1 Å². The molecule has 4 nitrogen and oxygen atoms in total. The van der Waals surface area contributed by atoms with Gasteiger partial charge in [-0.05, 0) is 30.4 Å². The predicted molar refractivity (Wildman–Crippen MR) is 95.6 cm³/mol. The Labute approximate surface area is 145 Å². The average molecular weight is 341 g/mol. The zero-order valence-electron chi connectivity index (χ0n) is 13.2. The average Bonchev–Trinajstić information content (AvgIpc) is 3.05. The number of rotatable bonds is 2. The van der Waals surface area contributed by atoms with Crippen LogP contribution in [0.5, 0.6) is 0 Å². The second-order valence-electron chi connectivity index (χ2n) is 6.54. The number of allylic oxidation sites excluding steroid dienone is 2. The number of halogens is 1. The molecule has 0 amide bonds. The molecule has 5 heteroatoms. The first-order valence-corrected chi connectivity index (χ1v) is 8.40. The van der Waals surface area contributed by atoms with Crippen molar-refractivity contribution < 1.29 is 4.92 Å². The lowest BCUT2D eigenvalue weighted by molar-refractivity contribution is -0.384. The third-order valence-electron chi connectivity index (χ3n) is 5.05. The fraction of sp³-hybridized carbons (Fsp3) is 0.263. The minimum atomic E-state index is -0.383. The molecule has 0 bridgehead atoms. The summed E-state index contributed by atoms with van der Waals surface area (Å²) in [4.78, 5) is 10.8. The Kier molecular flexibility index (Phi) is 3.57. The van der Waals surface area contributed by atoms with Gasteiger partial charge in [0.2, 0.25) is 0 Å². The first-order valence-electron chi connectivity index (χ1n) is 8.02. The molecule has 122 valence electrons. The van der Waals surface area contributed by atoms with Crippen LogP contribution in [0.15, 0.2) is 48.6 Å². The van der Waals surface area contributed by atoms with Gasteiger partial charge in [-0.1, -0.05) is 53.6 Å². The van der Waals surface area contributed by atoms with Crippen LogP contribution in [0.1, 0.15) is 35.1 Å². The molecule has 2 aromatic rings. The second-order valence-corrected chi connectivity index (χ2v) is 6.94. The van der Waals surface area contributed by atoms with Crippen LogP contribution < -0.4 is 5.32 Å². The Morgan fingerprint density at radius 2 is 2.00 bits per heavy atom. The summed E-state index contributed by atoms with van der Waals surface area (Å²) in [5.41, 5.74) is 4.24. The fourth-order valence-electron chi connectivity index (χ4n) is 3.85. The SMILES string of the molecule is Cc1ccc([C@@H]2Nc3c(Cl)cc([N+](=O)[O-])cc3[C@H]3C=CC[C@H]32)cc1. The molecule has 0 radical (unpaired) electrons. The summed E-state index contributed by atoms with van der Waals surface area (Å²) in [6, 6.07) is 11.8. The van der Waals surface area contributed by atoms with Crippen LogP contribution in [0.4, 0.5) is 11.4 Å². The Morgan fingerprint density at radius 1 is 1.25 bits per heavy atom. The largest absolute Gasteiger partial charge is 0.376 e. The number of anilines is 1. The number of hydrogen-bond donors (Lipinski definition) is 1. The van der Waals surface area contributed by atoms with Gasteiger partial charge in [0.15, 0.2) is 0 Å². The van der Waals surface area contributed by atoms with Gasteiger partial charge >= 0.3 is 0 Å². The van der Waals surface area contributed by atoms with Crippen molar-refractivity contribution in [2.75, 3.05) is 5.32 Å². The number of hydrogen-bond acceptors (Lipinski definition) is 3. The minimum absolute atomic E-state index is 0.0494. The Morgan fingerprint density at radius 3 is 2.71 bits per heavy atom. The molecular formula is C19H17ClN2O2. The summed E-state index contributed by atoms with van der Waals surface area (Å²) in [6.07, 6.45) is 5.28. The number of nitro benzene ring substituents is 1. The van der Waals surface area contributed by atoms with E-state index in [2.05, 4.69) is 48.7 Å². The molecule has 0 unspecified atom stereocenters. The number of nitrogens with zero attached hydrogens (tertiary/aromatic N) is 1. The van der Waals surface area contributed by atoms with E-state index in [1.807, 2.05) is 0 Å². The standard InChI is InChI=1S/C19H17ClN2O2/c1-11-5-7-12(8-6-11)18-15-4-2-3-14(15)16-9-13(22(23)24)10-17(20)19(16)21-18/h2-3,5-10,14-15,18,21H,4H2,1H3/t14-,15+,18-/m0/s1. The van der Waals surface area contributed by atoms with Crippen LogP contribution in [-0.4, -0.2) is 4.92 Å². The summed E-state index contributed by atoms with van der Waals surface area (Å²) < 4.78 is 0. The molecular weight excluding hydrogens is 324 g/mol. The molecule has 1 N–H and O–H groups in total. The highest BCUT2D eigenvalue weighted by Gasteiger charge is 2.39. The third kappa shape index (κ3) is 2.38. The summed E-state index contributed by atoms with van der Waals surface area (Å²) in [6.45, 7) is 2.07. The maximum Gasteiger partial charge on any atom is 0.271 e. The lowest BCUT2D eigenvalue weighted by Gasteiger charge is -2.37. The molecule has 1 aliphatic heterocycles. The van der Waals surface area contributed by atoms with E-state index in [1.165, 1.54) is 17.2 Å². The molecule has 3 atom stereocenters. The van der Waals surface area contributed by atoms with Crippen molar-refractivity contribution in [1.29, 1.82) is 0 Å². The molecule has 0 saturated carbocycles. The smallest absolute Gasteiger partial charge is 0.271 e. The summed E-state index contributed by atoms with van der Waals surface area (Å²) in [5, 5.41) is 15.1. The number of fused-ring (bicyclic) bond motifs is 3. The van der Waals surface area contributed by atoms with E-state index >= 15 is 0 Å². The Balaban J connectivity index is 1.82. The topological polar surface area (TPSA) is 55.2 Å². The van der Waals surface area contributed by atoms with Crippen molar-refractivity contribution in [2.24, 2.45) is 5.92 Å². The van der Waals surface area contributed by atoms with E-state index in [0.29, 0.717) is 10.9 Å². The van der Waals surface area contributed by atoms with Gasteiger partial charge in [-0.25, -0.2) is 0 Å². The third-order valence-corrected chi connectivity index (χ3v) is 5.35. The van der Waals surface area contributed by atoms with Crippen molar-refractivity contribution in [3.05, 3.63) is 80.4 Å². The van der Waals surface area contributed by atoms with Crippen molar-refractivity contribution in [3.63, 3.8) is 0 Å². The maximum atomic E-state index is 11.2. The van der Waals surface area contributed by atoms with Crippen LogP contribution in [0.3, 0.4) is 0 Å². The normalized spacial score (nSPS) is 24.2. The molecule has 0 aromatic heterocycles. The molecule has 2 aromatic carbocycles. The number of nitrogens with one attached hydrogen (secondary N) is 1. The van der Waals surface area contributed by atoms with Gasteiger partial charge in [0.25, 0.3) is 5.69 Å². The minimum Gasteiger partial charge on any atom is -0.376 e. The number of non-ortho nitro benzene ring substituents is 1. The Bertz CT molecular complexity index is 845. The van der Waals surface area contributed by atoms with Gasteiger partial charge in [0.05, 0.1) is 21.7 Å². The maximum absolute atomic E-state index is 11.2. The molecule has 0 spiro atoms. The Hall–Kier alpha value is -2.33. The fourth-order valence-corrected chi connectivity index (χ4v) is 4.13. The number of aryl methyl sites for hydroxylation is 1. The highest BCUT2D eigenvalue weighted by Crippen LogP contribution is 2.52. The predicted octanol–water partition coefficient (Wildman–Crippen LogP) is 5.38. The number of nitro groups is 1. The summed E-state index contributed by atoms with van der Waals surface area (Å²) in [5.74, 6) is 0.503. The van der Waals surface area contributed by atoms with Crippen molar-refractivity contribution in [3.8, 4) is 0 Å². The second kappa shape index (κ2) is 5.64. The summed E-state index contributed by atoms with van der Waals surface area (Å²) >= 11 is 6.37. The zero-order chi connectivity index (χ0) is 16.8. The van der Waals surface area contributed by atoms with E-state index in [-0.39, 0.29) is 22.6 Å². The van der Waals surface area contributed by atoms with Crippen LogP contribution in [-0.2, 0) is 0 Å². The van der Waals surface area contributed by atoms with Crippen LogP contribution >= 0.6 is 11.6 Å². The first-order chi connectivity index (χ1) is 11.5. The molecule has 4 rings (SSSR count). The zero-order valence-corrected chi connectivity index (χ0v) is 14.0. The molecule has 1 heterocycles. The highest BCUT2D eigenvalue weighted by molar-refractivity contribution is 6.33. The van der Waals surface area contributed by atoms with Crippen molar-refractivity contribution in [1.82, 2.24) is 0 Å². The van der Waals surface area contributed by atoms with Crippen LogP contribution in [0, 0.1) is 23.0 Å². The van der Waals surface area contributed by atoms with Gasteiger partial charge < -0.3 is 5.32 Å². The molecule has 2 aliphatic rings. The van der Waals surface area contributed by atoms with Crippen molar-refractivity contribution in [2.45, 2.75) is 25.3 Å². The van der Waals surface area contributed by atoms with Crippen LogP contribution in [0.2, 0.25) is 5.02 Å². The molecule has 1 aliphatic carbocycles. The summed E-state index contributed by atoms with van der Waals surface area (Å²) in [7, 11) is 0. The first kappa shape index (κ1) is 15.2. The van der Waals surface area contributed by atoms with Gasteiger partial charge in [-0.15, -0.1) is 0 Å². The lowest BCUT2D eigenvalue weighted by Crippen LogP contribution is -2.29. The van der Waals surface area contributed by atoms with Gasteiger partial charge in [0.1, 0.15) is 0 Å². The van der Waals surface area contributed by atoms with Gasteiger partial charge in [-0.3, -0.25) is 10.1 Å². The number of benzene rings is 2. The highest BCUT2D eigenvalue weighted by atomic mass is 35.5. The van der Waals surface area contributed by atoms with E-state index < -0.39 is 0 Å². The molecule has 24 heavy (non-hydrogen) atoms.